The van der Waals surface area contributed by atoms with Crippen molar-refractivity contribution in [1.82, 2.24) is 9.80 Å². The normalized spacial score (nSPS) is 34.6. The first-order valence-corrected chi connectivity index (χ1v) is 13.9. The monoisotopic (exact) mass is 570 g/mol. The van der Waals surface area contributed by atoms with E-state index in [9.17, 15) is 34.8 Å². The minimum absolute atomic E-state index is 0.0564. The number of hydrogen-bond acceptors (Lipinski definition) is 10. The van der Waals surface area contributed by atoms with Gasteiger partial charge in [-0.2, -0.15) is 0 Å². The first kappa shape index (κ1) is 27.7. The number of hydrogen-bond donors (Lipinski definition) is 6. The lowest BCUT2D eigenvalue weighted by Gasteiger charge is -2.50. The van der Waals surface area contributed by atoms with Gasteiger partial charge >= 0.3 is 0 Å². The fourth-order valence-electron chi connectivity index (χ4n) is 8.24. The van der Waals surface area contributed by atoms with Gasteiger partial charge in [0.15, 0.2) is 11.4 Å². The number of phenols is 1. The second-order valence-corrected chi connectivity index (χ2v) is 12.6. The van der Waals surface area contributed by atoms with E-state index in [1.165, 1.54) is 19.0 Å². The number of halogens is 1. The van der Waals surface area contributed by atoms with E-state index < -0.39 is 69.6 Å². The average Bonchev–Trinajstić information content (AvgIpc) is 3.25. The summed E-state index contributed by atoms with van der Waals surface area (Å²) in [5, 5.41) is 48.8. The second-order valence-electron chi connectivity index (χ2n) is 12.6. The number of primary amides is 1. The lowest BCUT2D eigenvalue weighted by Crippen LogP contribution is -2.65. The minimum atomic E-state index is -2.74. The van der Waals surface area contributed by atoms with Gasteiger partial charge in [-0.25, -0.2) is 4.39 Å². The summed E-state index contributed by atoms with van der Waals surface area (Å²) in [4.78, 5) is 43.0. The molecule has 1 aromatic carbocycles. The SMILES string of the molecule is CCN1CCC2(C)CNc3c(O)c4c(c(F)c3C12)C[C@H]1C[C@H]2[C@H](N(C)C)C(=O)C(C(N)=O)=C(O)[C@@]2(O)C(=O)C1=C4O. The van der Waals surface area contributed by atoms with Gasteiger partial charge in [0.25, 0.3) is 5.91 Å². The molecule has 11 nitrogen and oxygen atoms in total. The summed E-state index contributed by atoms with van der Waals surface area (Å²) in [6, 6.07) is -1.50. The Morgan fingerprint density at radius 2 is 1.93 bits per heavy atom. The predicted octanol–water partition coefficient (Wildman–Crippen LogP) is 1.30. The van der Waals surface area contributed by atoms with Crippen molar-refractivity contribution in [2.24, 2.45) is 23.0 Å². The number of rotatable bonds is 3. The van der Waals surface area contributed by atoms with Crippen molar-refractivity contribution in [2.75, 3.05) is 39.0 Å². The summed E-state index contributed by atoms with van der Waals surface area (Å²) in [6.45, 7) is 6.01. The number of nitrogens with zero attached hydrogens (tertiary/aromatic N) is 2. The number of nitrogens with two attached hydrogens (primary N) is 1. The molecule has 2 fully saturated rings. The Morgan fingerprint density at radius 3 is 2.54 bits per heavy atom. The van der Waals surface area contributed by atoms with Crippen LogP contribution in [0.15, 0.2) is 16.9 Å². The Labute approximate surface area is 236 Å². The van der Waals surface area contributed by atoms with Crippen LogP contribution in [0.3, 0.4) is 0 Å². The van der Waals surface area contributed by atoms with Crippen molar-refractivity contribution in [2.45, 2.75) is 50.8 Å². The molecule has 1 amide bonds. The lowest BCUT2D eigenvalue weighted by atomic mass is 9.57. The van der Waals surface area contributed by atoms with Crippen LogP contribution in [0.25, 0.3) is 5.76 Å². The van der Waals surface area contributed by atoms with Crippen LogP contribution in [-0.2, 0) is 20.8 Å². The molecule has 2 aliphatic heterocycles. The number of carbonyl (C=O) groups excluding carboxylic acids is 3. The second kappa shape index (κ2) is 8.76. The molecular weight excluding hydrogens is 535 g/mol. The Hall–Kier alpha value is -3.48. The van der Waals surface area contributed by atoms with Gasteiger partial charge in [0, 0.05) is 40.6 Å². The van der Waals surface area contributed by atoms with Crippen LogP contribution in [0.2, 0.25) is 0 Å². The fraction of sp³-hybridized carbons (Fsp3) is 0.552. The molecule has 7 N–H and O–H groups in total. The largest absolute Gasteiger partial charge is 0.508 e. The molecule has 1 saturated carbocycles. The highest BCUT2D eigenvalue weighted by Crippen LogP contribution is 2.59. The van der Waals surface area contributed by atoms with E-state index >= 15 is 4.39 Å². The number of amides is 1. The van der Waals surface area contributed by atoms with E-state index in [1.54, 1.807) is 0 Å². The number of benzene rings is 1. The summed E-state index contributed by atoms with van der Waals surface area (Å²) in [6.07, 6.45) is 0.659. The van der Waals surface area contributed by atoms with Gasteiger partial charge in [0.2, 0.25) is 5.78 Å². The number of Topliss-reactive ketones (excluding diaryl/α,β-unsaturated/α-hetero) is 2. The summed E-state index contributed by atoms with van der Waals surface area (Å²) >= 11 is 0. The topological polar surface area (TPSA) is 177 Å². The van der Waals surface area contributed by atoms with E-state index in [2.05, 4.69) is 17.1 Å². The standard InChI is InChI=1S/C29H35FN4O7/c1-5-34-7-6-28(2)10-32-19-16(24(28)34)18(30)12-8-11-9-13-20(33(3)4)23(37)17(27(31)40)26(39)29(13,41)25(38)14(11)21(35)15(12)22(19)36/h11,13,20,24,32,35-36,39,41H,5-10H2,1-4H3,(H2,31,40)/t11-,13-,20-,24?,28?,29-/m0/s1. The zero-order valence-electron chi connectivity index (χ0n) is 23.4. The molecule has 0 aromatic heterocycles. The molecule has 41 heavy (non-hydrogen) atoms. The third kappa shape index (κ3) is 3.32. The average molecular weight is 571 g/mol. The molecule has 6 rings (SSSR count). The Kier molecular flexibility index (Phi) is 5.91. The number of aromatic hydroxyl groups is 1. The van der Waals surface area contributed by atoms with Crippen LogP contribution in [0.4, 0.5) is 10.1 Å². The molecule has 1 aromatic rings. The highest BCUT2D eigenvalue weighted by Gasteiger charge is 2.64. The van der Waals surface area contributed by atoms with Gasteiger partial charge in [-0.1, -0.05) is 13.8 Å². The molecule has 6 atom stereocenters. The van der Waals surface area contributed by atoms with Crippen molar-refractivity contribution in [3.8, 4) is 5.75 Å². The highest BCUT2D eigenvalue weighted by atomic mass is 19.1. The van der Waals surface area contributed by atoms with Crippen molar-refractivity contribution in [3.63, 3.8) is 0 Å². The van der Waals surface area contributed by atoms with E-state index in [0.29, 0.717) is 18.7 Å². The van der Waals surface area contributed by atoms with Gasteiger partial charge in [0.05, 0.1) is 17.3 Å². The van der Waals surface area contributed by atoms with Crippen LogP contribution >= 0.6 is 0 Å². The molecular formula is C29H35FN4O7. The Morgan fingerprint density at radius 1 is 1.24 bits per heavy atom. The zero-order valence-corrected chi connectivity index (χ0v) is 23.4. The first-order chi connectivity index (χ1) is 19.2. The molecule has 220 valence electrons. The van der Waals surface area contributed by atoms with Gasteiger partial charge < -0.3 is 31.5 Å². The number of ketones is 2. The number of nitrogens with one attached hydrogen (secondary N) is 1. The number of likely N-dealkylation sites (tertiary alicyclic amines) is 1. The van der Waals surface area contributed by atoms with Crippen LogP contribution in [0.1, 0.15) is 49.4 Å². The number of carbonyl (C=O) groups is 3. The summed E-state index contributed by atoms with van der Waals surface area (Å²) in [5.41, 5.74) is 1.47. The summed E-state index contributed by atoms with van der Waals surface area (Å²) in [7, 11) is 3.06. The number of anilines is 1. The Balaban J connectivity index is 1.56. The van der Waals surface area contributed by atoms with E-state index in [1.807, 2.05) is 6.92 Å². The first-order valence-electron chi connectivity index (χ1n) is 13.9. The Bertz CT molecular complexity index is 1500. The number of aliphatic hydroxyl groups is 3. The van der Waals surface area contributed by atoms with Crippen molar-refractivity contribution in [3.05, 3.63) is 39.4 Å². The van der Waals surface area contributed by atoms with Crippen LogP contribution in [0, 0.1) is 23.1 Å². The van der Waals surface area contributed by atoms with E-state index in [0.717, 1.165) is 13.0 Å². The van der Waals surface area contributed by atoms with Crippen molar-refractivity contribution >= 4 is 28.9 Å². The van der Waals surface area contributed by atoms with Crippen LogP contribution in [-0.4, -0.2) is 93.1 Å². The molecule has 0 bridgehead atoms. The van der Waals surface area contributed by atoms with E-state index in [-0.39, 0.29) is 46.7 Å². The minimum Gasteiger partial charge on any atom is -0.508 e. The van der Waals surface area contributed by atoms with E-state index in [4.69, 9.17) is 5.73 Å². The maximum atomic E-state index is 16.6. The van der Waals surface area contributed by atoms with Crippen LogP contribution in [0.5, 0.6) is 5.75 Å². The van der Waals surface area contributed by atoms with Gasteiger partial charge in [0.1, 0.15) is 28.7 Å². The summed E-state index contributed by atoms with van der Waals surface area (Å²) < 4.78 is 16.6. The molecule has 1 saturated heterocycles. The van der Waals surface area contributed by atoms with Gasteiger partial charge in [-0.3, -0.25) is 24.2 Å². The molecule has 0 radical (unpaired) electrons. The zero-order chi connectivity index (χ0) is 29.9. The smallest absolute Gasteiger partial charge is 0.255 e. The van der Waals surface area contributed by atoms with Crippen LogP contribution < -0.4 is 11.1 Å². The lowest BCUT2D eigenvalue weighted by molar-refractivity contribution is -0.153. The number of phenolic OH excluding ortho intramolecular Hbond substituents is 1. The van der Waals surface area contributed by atoms with Crippen molar-refractivity contribution < 1.29 is 39.2 Å². The fourth-order valence-corrected chi connectivity index (χ4v) is 8.24. The molecule has 3 aliphatic carbocycles. The highest BCUT2D eigenvalue weighted by molar-refractivity contribution is 6.24. The molecule has 2 unspecified atom stereocenters. The summed E-state index contributed by atoms with van der Waals surface area (Å²) in [5.74, 6) is -8.13. The third-order valence-corrected chi connectivity index (χ3v) is 10.2. The predicted molar refractivity (Wildman–Crippen MR) is 145 cm³/mol. The molecule has 5 aliphatic rings. The quantitative estimate of drug-likeness (QED) is 0.229. The van der Waals surface area contributed by atoms with Gasteiger partial charge in [-0.05, 0) is 52.4 Å². The maximum Gasteiger partial charge on any atom is 0.255 e. The third-order valence-electron chi connectivity index (χ3n) is 10.2. The maximum absolute atomic E-state index is 16.6. The number of aliphatic hydroxyl groups excluding tert-OH is 2. The molecule has 12 heteroatoms. The number of fused-ring (bicyclic) bond motifs is 6. The molecule has 2 heterocycles. The molecule has 0 spiro atoms. The van der Waals surface area contributed by atoms with Crippen molar-refractivity contribution in [1.29, 1.82) is 0 Å². The van der Waals surface area contributed by atoms with Gasteiger partial charge in [-0.15, -0.1) is 0 Å². The number of likely N-dealkylation sites (N-methyl/N-ethyl adjacent to an activating group) is 1.